The van der Waals surface area contributed by atoms with Gasteiger partial charge in [-0.15, -0.1) is 0 Å². The Kier molecular flexibility index (Phi) is 5.36. The van der Waals surface area contributed by atoms with Gasteiger partial charge in [-0.25, -0.2) is 0 Å². The Morgan fingerprint density at radius 2 is 2.04 bits per heavy atom. The summed E-state index contributed by atoms with van der Waals surface area (Å²) in [6, 6.07) is 6.72. The van der Waals surface area contributed by atoms with E-state index in [1.807, 2.05) is 6.92 Å². The lowest BCUT2D eigenvalue weighted by Crippen LogP contribution is -2.49. The molecule has 1 atom stereocenters. The molecule has 2 heterocycles. The summed E-state index contributed by atoms with van der Waals surface area (Å²) < 4.78 is 10.6. The molecule has 0 bridgehead atoms. The molecule has 134 valence electrons. The van der Waals surface area contributed by atoms with Gasteiger partial charge in [-0.3, -0.25) is 4.79 Å². The number of carbonyl (C=O) groups excluding carboxylic acids is 1. The second-order valence-electron chi connectivity index (χ2n) is 6.26. The lowest BCUT2D eigenvalue weighted by Gasteiger charge is -2.35. The number of nitrogens with one attached hydrogen (secondary N) is 1. The Bertz CT molecular complexity index is 726. The van der Waals surface area contributed by atoms with Crippen molar-refractivity contribution in [3.8, 4) is 11.5 Å². The van der Waals surface area contributed by atoms with Crippen LogP contribution in [0.4, 0.5) is 0 Å². The molecule has 1 saturated heterocycles. The van der Waals surface area contributed by atoms with E-state index in [0.717, 1.165) is 5.56 Å². The molecular weight excluding hydrogens is 344 g/mol. The Hall–Kier alpha value is -1.96. The van der Waals surface area contributed by atoms with Crippen molar-refractivity contribution >= 4 is 17.5 Å². The van der Waals surface area contributed by atoms with E-state index in [-0.39, 0.29) is 18.5 Å². The van der Waals surface area contributed by atoms with Gasteiger partial charge in [0.05, 0.1) is 11.5 Å². The molecule has 1 aromatic carbocycles. The second kappa shape index (κ2) is 7.51. The van der Waals surface area contributed by atoms with Crippen LogP contribution in [0.1, 0.15) is 31.6 Å². The molecule has 3 N–H and O–H groups in total. The van der Waals surface area contributed by atoms with Gasteiger partial charge in [0.2, 0.25) is 5.91 Å². The standard InChI is InChI=1S/C17H21ClN4O3/c1-11(20-16(23)17(10-19)6-8-24-9-7-17)14-21-15(25-22-14)12-2-4-13(18)5-3-12/h2-5,11H,6-10,19H2,1H3,(H,20,23). The van der Waals surface area contributed by atoms with Crippen LogP contribution in [0.3, 0.4) is 0 Å². The summed E-state index contributed by atoms with van der Waals surface area (Å²) in [6.45, 7) is 3.19. The number of aromatic nitrogens is 2. The number of nitrogens with two attached hydrogens (primary N) is 1. The minimum Gasteiger partial charge on any atom is -0.381 e. The number of amides is 1. The molecule has 1 unspecified atom stereocenters. The SMILES string of the molecule is CC(NC(=O)C1(CN)CCOCC1)c1noc(-c2ccc(Cl)cc2)n1. The van der Waals surface area contributed by atoms with Crippen molar-refractivity contribution in [1.82, 2.24) is 15.5 Å². The maximum absolute atomic E-state index is 12.7. The molecule has 25 heavy (non-hydrogen) atoms. The Morgan fingerprint density at radius 1 is 1.36 bits per heavy atom. The molecule has 1 aliphatic heterocycles. The third-order valence-electron chi connectivity index (χ3n) is 4.59. The van der Waals surface area contributed by atoms with Gasteiger partial charge in [0.1, 0.15) is 0 Å². The zero-order chi connectivity index (χ0) is 17.9. The van der Waals surface area contributed by atoms with Crippen LogP contribution >= 0.6 is 11.6 Å². The van der Waals surface area contributed by atoms with Gasteiger partial charge in [0.25, 0.3) is 5.89 Å². The van der Waals surface area contributed by atoms with E-state index in [0.29, 0.717) is 42.8 Å². The molecule has 8 heteroatoms. The van der Waals surface area contributed by atoms with Gasteiger partial charge >= 0.3 is 0 Å². The Balaban J connectivity index is 1.70. The average molecular weight is 365 g/mol. The van der Waals surface area contributed by atoms with E-state index in [9.17, 15) is 4.79 Å². The van der Waals surface area contributed by atoms with E-state index in [1.54, 1.807) is 24.3 Å². The zero-order valence-corrected chi connectivity index (χ0v) is 14.8. The Labute approximate surface area is 150 Å². The minimum atomic E-state index is -0.588. The predicted octanol–water partition coefficient (Wildman–Crippen LogP) is 2.32. The van der Waals surface area contributed by atoms with Gasteiger partial charge in [0.15, 0.2) is 5.82 Å². The maximum Gasteiger partial charge on any atom is 0.257 e. The van der Waals surface area contributed by atoms with Gasteiger partial charge < -0.3 is 20.3 Å². The first-order valence-electron chi connectivity index (χ1n) is 8.22. The fourth-order valence-corrected chi connectivity index (χ4v) is 2.95. The van der Waals surface area contributed by atoms with Gasteiger partial charge in [-0.2, -0.15) is 4.98 Å². The average Bonchev–Trinajstić information content (AvgIpc) is 3.13. The summed E-state index contributed by atoms with van der Waals surface area (Å²) in [7, 11) is 0. The first kappa shape index (κ1) is 17.8. The van der Waals surface area contributed by atoms with Crippen LogP contribution in [0, 0.1) is 5.41 Å². The molecule has 0 spiro atoms. The highest BCUT2D eigenvalue weighted by Gasteiger charge is 2.39. The number of ether oxygens (including phenoxy) is 1. The fourth-order valence-electron chi connectivity index (χ4n) is 2.82. The molecule has 1 aliphatic rings. The van der Waals surface area contributed by atoms with Gasteiger partial charge in [0, 0.05) is 30.3 Å². The third kappa shape index (κ3) is 3.84. The largest absolute Gasteiger partial charge is 0.381 e. The molecule has 1 amide bonds. The maximum atomic E-state index is 12.7. The van der Waals surface area contributed by atoms with E-state index in [2.05, 4.69) is 15.5 Å². The molecule has 7 nitrogen and oxygen atoms in total. The molecule has 2 aromatic rings. The monoisotopic (exact) mass is 364 g/mol. The zero-order valence-electron chi connectivity index (χ0n) is 14.0. The number of halogens is 1. The summed E-state index contributed by atoms with van der Waals surface area (Å²) in [5.74, 6) is 0.702. The summed E-state index contributed by atoms with van der Waals surface area (Å²) >= 11 is 5.88. The van der Waals surface area contributed by atoms with Crippen molar-refractivity contribution in [3.63, 3.8) is 0 Å². The van der Waals surface area contributed by atoms with E-state index in [4.69, 9.17) is 26.6 Å². The first-order valence-corrected chi connectivity index (χ1v) is 8.60. The topological polar surface area (TPSA) is 103 Å². The molecule has 1 aromatic heterocycles. The highest BCUT2D eigenvalue weighted by atomic mass is 35.5. The van der Waals surface area contributed by atoms with Crippen molar-refractivity contribution in [2.24, 2.45) is 11.1 Å². The molecule has 1 fully saturated rings. The normalized spacial score (nSPS) is 17.9. The summed E-state index contributed by atoms with van der Waals surface area (Å²) in [6.07, 6.45) is 1.23. The van der Waals surface area contributed by atoms with E-state index in [1.165, 1.54) is 0 Å². The lowest BCUT2D eigenvalue weighted by atomic mass is 9.79. The van der Waals surface area contributed by atoms with Gasteiger partial charge in [-0.1, -0.05) is 16.8 Å². The quantitative estimate of drug-likeness (QED) is 0.843. The summed E-state index contributed by atoms with van der Waals surface area (Å²) in [5, 5.41) is 7.55. The van der Waals surface area contributed by atoms with Crippen LogP contribution in [-0.2, 0) is 9.53 Å². The van der Waals surface area contributed by atoms with Crippen LogP contribution in [0.15, 0.2) is 28.8 Å². The Morgan fingerprint density at radius 3 is 2.68 bits per heavy atom. The number of rotatable bonds is 5. The molecule has 0 radical (unpaired) electrons. The first-order chi connectivity index (χ1) is 12.0. The van der Waals surface area contributed by atoms with Gasteiger partial charge in [-0.05, 0) is 44.0 Å². The van der Waals surface area contributed by atoms with Crippen LogP contribution in [0.5, 0.6) is 0 Å². The summed E-state index contributed by atoms with van der Waals surface area (Å²) in [4.78, 5) is 17.1. The van der Waals surface area contributed by atoms with Crippen LogP contribution < -0.4 is 11.1 Å². The number of hydrogen-bond donors (Lipinski definition) is 2. The van der Waals surface area contributed by atoms with Crippen molar-refractivity contribution in [2.45, 2.75) is 25.8 Å². The molecule has 0 aliphatic carbocycles. The number of hydrogen-bond acceptors (Lipinski definition) is 6. The summed E-state index contributed by atoms with van der Waals surface area (Å²) in [5.41, 5.74) is 6.05. The van der Waals surface area contributed by atoms with Crippen molar-refractivity contribution in [2.75, 3.05) is 19.8 Å². The lowest BCUT2D eigenvalue weighted by molar-refractivity contribution is -0.136. The predicted molar refractivity (Wildman–Crippen MR) is 92.8 cm³/mol. The van der Waals surface area contributed by atoms with Crippen LogP contribution in [0.2, 0.25) is 5.02 Å². The molecule has 3 rings (SSSR count). The van der Waals surface area contributed by atoms with Crippen molar-refractivity contribution in [3.05, 3.63) is 35.1 Å². The third-order valence-corrected chi connectivity index (χ3v) is 4.84. The highest BCUT2D eigenvalue weighted by Crippen LogP contribution is 2.30. The number of benzene rings is 1. The number of nitrogens with zero attached hydrogens (tertiary/aromatic N) is 2. The smallest absolute Gasteiger partial charge is 0.257 e. The minimum absolute atomic E-state index is 0.0938. The fraction of sp³-hybridized carbons (Fsp3) is 0.471. The number of carbonyl (C=O) groups is 1. The van der Waals surface area contributed by atoms with Crippen LogP contribution in [0.25, 0.3) is 11.5 Å². The molecule has 0 saturated carbocycles. The van der Waals surface area contributed by atoms with E-state index >= 15 is 0 Å². The second-order valence-corrected chi connectivity index (χ2v) is 6.69. The van der Waals surface area contributed by atoms with E-state index < -0.39 is 5.41 Å². The van der Waals surface area contributed by atoms with Crippen molar-refractivity contribution < 1.29 is 14.1 Å². The highest BCUT2D eigenvalue weighted by molar-refractivity contribution is 6.30. The van der Waals surface area contributed by atoms with Crippen LogP contribution in [-0.4, -0.2) is 35.8 Å². The van der Waals surface area contributed by atoms with Crippen molar-refractivity contribution in [1.29, 1.82) is 0 Å². The molecular formula is C17H21ClN4O3.